The third-order valence-corrected chi connectivity index (χ3v) is 6.04. The van der Waals surface area contributed by atoms with Crippen LogP contribution in [0.4, 0.5) is 10.8 Å². The van der Waals surface area contributed by atoms with Gasteiger partial charge >= 0.3 is 0 Å². The number of aryl methyl sites for hydroxylation is 3. The van der Waals surface area contributed by atoms with Crippen LogP contribution in [0.5, 0.6) is 0 Å². The average molecular weight is 410 g/mol. The molecule has 4 aromatic rings. The minimum absolute atomic E-state index is 0.536. The Morgan fingerprint density at radius 1 is 0.964 bits per heavy atom. The summed E-state index contributed by atoms with van der Waals surface area (Å²) < 4.78 is 6.62. The summed E-state index contributed by atoms with van der Waals surface area (Å²) in [7, 11) is 0. The highest BCUT2D eigenvalue weighted by Crippen LogP contribution is 2.31. The van der Waals surface area contributed by atoms with Gasteiger partial charge in [0.25, 0.3) is 0 Å². The molecule has 0 unspecified atom stereocenters. The SMILES string of the molecule is Cc1cccc(-c2nnc(CSc3nnc(Nc4ccc(C)cc4C)s3)o2)c1. The Hall–Kier alpha value is -2.71. The van der Waals surface area contributed by atoms with Crippen LogP contribution in [-0.2, 0) is 5.75 Å². The number of benzene rings is 2. The number of aromatic nitrogens is 4. The van der Waals surface area contributed by atoms with Gasteiger partial charge in [0.15, 0.2) is 4.34 Å². The summed E-state index contributed by atoms with van der Waals surface area (Å²) in [6, 6.07) is 14.3. The number of nitrogens with one attached hydrogen (secondary N) is 1. The molecule has 28 heavy (non-hydrogen) atoms. The fraction of sp³-hybridized carbons (Fsp3) is 0.200. The molecule has 2 aromatic carbocycles. The molecule has 0 spiro atoms. The topological polar surface area (TPSA) is 76.7 Å². The molecule has 2 heterocycles. The zero-order valence-electron chi connectivity index (χ0n) is 15.8. The number of rotatable bonds is 6. The molecule has 1 N–H and O–H groups in total. The maximum absolute atomic E-state index is 5.77. The Morgan fingerprint density at radius 2 is 1.82 bits per heavy atom. The van der Waals surface area contributed by atoms with E-state index in [1.165, 1.54) is 34.2 Å². The van der Waals surface area contributed by atoms with Gasteiger partial charge in [-0.25, -0.2) is 0 Å². The van der Waals surface area contributed by atoms with Gasteiger partial charge in [-0.2, -0.15) is 0 Å². The van der Waals surface area contributed by atoms with E-state index in [0.29, 0.717) is 17.5 Å². The van der Waals surface area contributed by atoms with Crippen LogP contribution in [0.2, 0.25) is 0 Å². The van der Waals surface area contributed by atoms with Gasteiger partial charge in [0.05, 0.1) is 5.75 Å². The van der Waals surface area contributed by atoms with Crippen LogP contribution in [-0.4, -0.2) is 20.4 Å². The van der Waals surface area contributed by atoms with Crippen molar-refractivity contribution in [1.29, 1.82) is 0 Å². The van der Waals surface area contributed by atoms with Crippen LogP contribution in [0.15, 0.2) is 51.2 Å². The lowest BCUT2D eigenvalue weighted by atomic mass is 10.1. The number of nitrogens with zero attached hydrogens (tertiary/aromatic N) is 4. The Kier molecular flexibility index (Phi) is 5.40. The van der Waals surface area contributed by atoms with E-state index in [1.54, 1.807) is 0 Å². The minimum atomic E-state index is 0.536. The third kappa shape index (κ3) is 4.40. The van der Waals surface area contributed by atoms with Crippen LogP contribution >= 0.6 is 23.1 Å². The van der Waals surface area contributed by atoms with Crippen LogP contribution < -0.4 is 5.32 Å². The first-order valence-corrected chi connectivity index (χ1v) is 10.6. The van der Waals surface area contributed by atoms with E-state index in [2.05, 4.69) is 57.8 Å². The smallest absolute Gasteiger partial charge is 0.247 e. The molecule has 4 rings (SSSR count). The first-order valence-electron chi connectivity index (χ1n) is 8.77. The first-order chi connectivity index (χ1) is 13.6. The van der Waals surface area contributed by atoms with Gasteiger partial charge in [0, 0.05) is 11.3 Å². The second-order valence-electron chi connectivity index (χ2n) is 6.48. The van der Waals surface area contributed by atoms with Crippen LogP contribution in [0.25, 0.3) is 11.5 Å². The molecule has 142 valence electrons. The van der Waals surface area contributed by atoms with E-state index in [1.807, 2.05) is 31.2 Å². The lowest BCUT2D eigenvalue weighted by Crippen LogP contribution is -1.92. The molecule has 0 bridgehead atoms. The molecule has 6 nitrogen and oxygen atoms in total. The highest BCUT2D eigenvalue weighted by atomic mass is 32.2. The molecule has 0 aliphatic carbocycles. The molecule has 0 atom stereocenters. The van der Waals surface area contributed by atoms with E-state index in [9.17, 15) is 0 Å². The van der Waals surface area contributed by atoms with Crippen molar-refractivity contribution in [2.45, 2.75) is 30.9 Å². The zero-order valence-corrected chi connectivity index (χ0v) is 17.4. The number of hydrogen-bond acceptors (Lipinski definition) is 8. The van der Waals surface area contributed by atoms with Gasteiger partial charge < -0.3 is 9.73 Å². The summed E-state index contributed by atoms with van der Waals surface area (Å²) in [5.41, 5.74) is 5.54. The summed E-state index contributed by atoms with van der Waals surface area (Å²) >= 11 is 3.04. The van der Waals surface area contributed by atoms with Gasteiger partial charge in [0.1, 0.15) is 0 Å². The van der Waals surface area contributed by atoms with E-state index < -0.39 is 0 Å². The summed E-state index contributed by atoms with van der Waals surface area (Å²) in [6.45, 7) is 6.20. The lowest BCUT2D eigenvalue weighted by molar-refractivity contribution is 0.528. The molecule has 0 fully saturated rings. The predicted molar refractivity (Wildman–Crippen MR) is 113 cm³/mol. The summed E-state index contributed by atoms with van der Waals surface area (Å²) in [5.74, 6) is 1.66. The average Bonchev–Trinajstić information content (AvgIpc) is 3.32. The van der Waals surface area contributed by atoms with Gasteiger partial charge in [0.2, 0.25) is 16.9 Å². The van der Waals surface area contributed by atoms with Crippen molar-refractivity contribution >= 4 is 33.9 Å². The highest BCUT2D eigenvalue weighted by Gasteiger charge is 2.12. The molecule has 0 radical (unpaired) electrons. The molecular formula is C20H19N5OS2. The molecule has 0 saturated carbocycles. The van der Waals surface area contributed by atoms with Gasteiger partial charge in [-0.1, -0.05) is 58.5 Å². The number of anilines is 2. The van der Waals surface area contributed by atoms with E-state index in [4.69, 9.17) is 4.42 Å². The zero-order chi connectivity index (χ0) is 19.5. The van der Waals surface area contributed by atoms with Crippen LogP contribution in [0, 0.1) is 20.8 Å². The highest BCUT2D eigenvalue weighted by molar-refractivity contribution is 8.00. The maximum atomic E-state index is 5.77. The number of thioether (sulfide) groups is 1. The Labute approximate surface area is 171 Å². The fourth-order valence-electron chi connectivity index (χ4n) is 2.72. The molecule has 0 aliphatic rings. The quantitative estimate of drug-likeness (QED) is 0.418. The van der Waals surface area contributed by atoms with Gasteiger partial charge in [-0.3, -0.25) is 0 Å². The maximum Gasteiger partial charge on any atom is 0.247 e. The number of hydrogen-bond donors (Lipinski definition) is 1. The van der Waals surface area contributed by atoms with Crippen molar-refractivity contribution in [3.63, 3.8) is 0 Å². The summed E-state index contributed by atoms with van der Waals surface area (Å²) in [4.78, 5) is 0. The van der Waals surface area contributed by atoms with Crippen molar-refractivity contribution in [2.24, 2.45) is 0 Å². The van der Waals surface area contributed by atoms with Crippen molar-refractivity contribution in [2.75, 3.05) is 5.32 Å². The third-order valence-electron chi connectivity index (χ3n) is 4.08. The van der Waals surface area contributed by atoms with Crippen molar-refractivity contribution in [3.8, 4) is 11.5 Å². The van der Waals surface area contributed by atoms with Crippen LogP contribution in [0.1, 0.15) is 22.6 Å². The van der Waals surface area contributed by atoms with E-state index in [-0.39, 0.29) is 0 Å². The van der Waals surface area contributed by atoms with E-state index in [0.717, 1.165) is 26.3 Å². The second kappa shape index (κ2) is 8.12. The Morgan fingerprint density at radius 3 is 2.64 bits per heavy atom. The lowest BCUT2D eigenvalue weighted by Gasteiger charge is -2.06. The second-order valence-corrected chi connectivity index (χ2v) is 8.68. The first kappa shape index (κ1) is 18.6. The largest absolute Gasteiger partial charge is 0.420 e. The summed E-state index contributed by atoms with van der Waals surface area (Å²) in [5, 5.41) is 20.8. The molecule has 8 heteroatoms. The standard InChI is InChI=1S/C20H19N5OS2/c1-12-5-4-6-15(10-12)18-23-22-17(26-18)11-27-20-25-24-19(28-20)21-16-8-7-13(2)9-14(16)3/h4-10H,11H2,1-3H3,(H,21,24). The van der Waals surface area contributed by atoms with Crippen molar-refractivity contribution in [1.82, 2.24) is 20.4 Å². The fourth-order valence-corrected chi connectivity index (χ4v) is 4.32. The van der Waals surface area contributed by atoms with Crippen LogP contribution in [0.3, 0.4) is 0 Å². The minimum Gasteiger partial charge on any atom is -0.420 e. The predicted octanol–water partition coefficient (Wildman–Crippen LogP) is 5.55. The van der Waals surface area contributed by atoms with Crippen molar-refractivity contribution < 1.29 is 4.42 Å². The molecule has 0 aliphatic heterocycles. The molecule has 0 saturated heterocycles. The van der Waals surface area contributed by atoms with Gasteiger partial charge in [-0.15, -0.1) is 20.4 Å². The Bertz CT molecular complexity index is 1110. The molecule has 2 aromatic heterocycles. The molecular weight excluding hydrogens is 390 g/mol. The van der Waals surface area contributed by atoms with E-state index >= 15 is 0 Å². The normalized spacial score (nSPS) is 11.0. The molecule has 0 amide bonds. The summed E-state index contributed by atoms with van der Waals surface area (Å²) in [6.07, 6.45) is 0. The van der Waals surface area contributed by atoms with Crippen molar-refractivity contribution in [3.05, 3.63) is 65.0 Å². The van der Waals surface area contributed by atoms with Gasteiger partial charge in [-0.05, 0) is 44.5 Å². The monoisotopic (exact) mass is 409 g/mol. The Balaban J connectivity index is 1.38.